The lowest BCUT2D eigenvalue weighted by Gasteiger charge is -2.39. The highest BCUT2D eigenvalue weighted by Gasteiger charge is 2.34. The lowest BCUT2D eigenvalue weighted by atomic mass is 9.92. The van der Waals surface area contributed by atoms with Gasteiger partial charge in [0.15, 0.2) is 0 Å². The molecule has 1 aliphatic heterocycles. The van der Waals surface area contributed by atoms with E-state index < -0.39 is 0 Å². The summed E-state index contributed by atoms with van der Waals surface area (Å²) in [5.74, 6) is 1.16. The number of hydrogen-bond acceptors (Lipinski definition) is 4. The predicted molar refractivity (Wildman–Crippen MR) is 118 cm³/mol. The van der Waals surface area contributed by atoms with E-state index in [0.29, 0.717) is 6.04 Å². The van der Waals surface area contributed by atoms with Crippen molar-refractivity contribution in [3.8, 4) is 0 Å². The van der Waals surface area contributed by atoms with Crippen molar-refractivity contribution in [1.29, 1.82) is 0 Å². The second-order valence-corrected chi connectivity index (χ2v) is 8.24. The van der Waals surface area contributed by atoms with Crippen LogP contribution in [0.4, 0.5) is 0 Å². The number of imidazole rings is 2. The number of pyridine rings is 1. The van der Waals surface area contributed by atoms with Gasteiger partial charge in [0.1, 0.15) is 5.82 Å². The molecule has 4 aromatic rings. The average Bonchev–Trinajstić information content (AvgIpc) is 3.41. The number of aromatic nitrogens is 5. The Bertz CT molecular complexity index is 1130. The van der Waals surface area contributed by atoms with Gasteiger partial charge in [-0.15, -0.1) is 0 Å². The second-order valence-electron chi connectivity index (χ2n) is 8.24. The van der Waals surface area contributed by atoms with Crippen LogP contribution in [-0.4, -0.2) is 36.0 Å². The van der Waals surface area contributed by atoms with Gasteiger partial charge in [0.2, 0.25) is 0 Å². The summed E-state index contributed by atoms with van der Waals surface area (Å²) in [6.45, 7) is 3.93. The first-order valence-electron chi connectivity index (χ1n) is 10.8. The molecular weight excluding hydrogens is 372 g/mol. The SMILES string of the molecule is Cc1cccnc1C1CCC[C@H](c2nc3ccccc3n2CCn2ccnc2)N1C. The highest BCUT2D eigenvalue weighted by molar-refractivity contribution is 5.76. The summed E-state index contributed by atoms with van der Waals surface area (Å²) >= 11 is 0. The van der Waals surface area contributed by atoms with Crippen molar-refractivity contribution >= 4 is 11.0 Å². The number of aryl methyl sites for hydroxylation is 3. The van der Waals surface area contributed by atoms with Gasteiger partial charge in [0.25, 0.3) is 0 Å². The van der Waals surface area contributed by atoms with Crippen LogP contribution < -0.4 is 0 Å². The number of nitrogens with zero attached hydrogens (tertiary/aromatic N) is 6. The van der Waals surface area contributed by atoms with Crippen molar-refractivity contribution in [1.82, 2.24) is 29.0 Å². The maximum Gasteiger partial charge on any atom is 0.127 e. The molecule has 0 N–H and O–H groups in total. The van der Waals surface area contributed by atoms with Crippen molar-refractivity contribution in [2.45, 2.75) is 51.4 Å². The lowest BCUT2D eigenvalue weighted by molar-refractivity contribution is 0.103. The standard InChI is InChI=1S/C24H28N6/c1-18-7-6-12-26-23(18)21-10-5-11-22(28(21)2)24-27-19-8-3-4-9-20(19)30(24)16-15-29-14-13-25-17-29/h3-4,6-9,12-14,17,21-22H,5,10-11,15-16H2,1-2H3/t21?,22-/m1/s1. The van der Waals surface area contributed by atoms with Crippen molar-refractivity contribution in [2.75, 3.05) is 7.05 Å². The summed E-state index contributed by atoms with van der Waals surface area (Å²) in [5.41, 5.74) is 4.74. The van der Waals surface area contributed by atoms with Crippen LogP contribution in [0.15, 0.2) is 61.3 Å². The molecule has 1 aliphatic rings. The minimum absolute atomic E-state index is 0.278. The van der Waals surface area contributed by atoms with E-state index in [1.165, 1.54) is 23.2 Å². The molecule has 6 nitrogen and oxygen atoms in total. The van der Waals surface area contributed by atoms with Gasteiger partial charge in [-0.2, -0.15) is 0 Å². The Hall–Kier alpha value is -2.99. The molecular formula is C24H28N6. The van der Waals surface area contributed by atoms with Gasteiger partial charge < -0.3 is 9.13 Å². The summed E-state index contributed by atoms with van der Waals surface area (Å²) in [5, 5.41) is 0. The first-order chi connectivity index (χ1) is 14.7. The first-order valence-corrected chi connectivity index (χ1v) is 10.8. The Morgan fingerprint density at radius 1 is 1.00 bits per heavy atom. The summed E-state index contributed by atoms with van der Waals surface area (Å²) in [4.78, 5) is 16.5. The number of benzene rings is 1. The largest absolute Gasteiger partial charge is 0.336 e. The highest BCUT2D eigenvalue weighted by Crippen LogP contribution is 2.40. The molecule has 5 rings (SSSR count). The molecule has 6 heteroatoms. The van der Waals surface area contributed by atoms with E-state index in [2.05, 4.69) is 63.3 Å². The zero-order valence-electron chi connectivity index (χ0n) is 17.6. The topological polar surface area (TPSA) is 51.8 Å². The van der Waals surface area contributed by atoms with Crippen molar-refractivity contribution in [2.24, 2.45) is 0 Å². The molecule has 2 atom stereocenters. The van der Waals surface area contributed by atoms with E-state index in [0.717, 1.165) is 37.3 Å². The van der Waals surface area contributed by atoms with Crippen LogP contribution in [0.3, 0.4) is 0 Å². The number of para-hydroxylation sites is 2. The number of hydrogen-bond donors (Lipinski definition) is 0. The fourth-order valence-corrected chi connectivity index (χ4v) is 4.83. The summed E-state index contributed by atoms with van der Waals surface area (Å²) < 4.78 is 4.54. The smallest absolute Gasteiger partial charge is 0.127 e. The van der Waals surface area contributed by atoms with Crippen LogP contribution in [0, 0.1) is 6.92 Å². The van der Waals surface area contributed by atoms with Crippen molar-refractivity contribution < 1.29 is 0 Å². The molecule has 1 saturated heterocycles. The summed E-state index contributed by atoms with van der Waals surface area (Å²) in [6, 6.07) is 13.3. The van der Waals surface area contributed by atoms with Gasteiger partial charge >= 0.3 is 0 Å². The molecule has 1 aromatic carbocycles. The Kier molecular flexibility index (Phi) is 5.09. The highest BCUT2D eigenvalue weighted by atomic mass is 15.2. The molecule has 0 aliphatic carbocycles. The van der Waals surface area contributed by atoms with E-state index >= 15 is 0 Å². The zero-order chi connectivity index (χ0) is 20.5. The Labute approximate surface area is 177 Å². The third-order valence-electron chi connectivity index (χ3n) is 6.43. The molecule has 0 bridgehead atoms. The van der Waals surface area contributed by atoms with E-state index in [9.17, 15) is 0 Å². The molecule has 154 valence electrons. The van der Waals surface area contributed by atoms with E-state index in [-0.39, 0.29) is 6.04 Å². The van der Waals surface area contributed by atoms with Crippen LogP contribution in [-0.2, 0) is 13.1 Å². The molecule has 0 spiro atoms. The molecule has 4 heterocycles. The molecule has 1 fully saturated rings. The third kappa shape index (κ3) is 3.41. The van der Waals surface area contributed by atoms with Crippen molar-refractivity contribution in [3.05, 3.63) is 78.4 Å². The predicted octanol–water partition coefficient (Wildman–Crippen LogP) is 4.53. The number of fused-ring (bicyclic) bond motifs is 1. The average molecular weight is 401 g/mol. The van der Waals surface area contributed by atoms with Gasteiger partial charge in [0, 0.05) is 31.7 Å². The normalized spacial score (nSPS) is 20.1. The van der Waals surface area contributed by atoms with Crippen LogP contribution in [0.1, 0.15) is 48.4 Å². The minimum atomic E-state index is 0.278. The Balaban J connectivity index is 1.51. The molecule has 3 aromatic heterocycles. The Morgan fingerprint density at radius 2 is 1.87 bits per heavy atom. The zero-order valence-corrected chi connectivity index (χ0v) is 17.6. The van der Waals surface area contributed by atoms with E-state index in [1.807, 2.05) is 31.0 Å². The maximum absolute atomic E-state index is 5.11. The fraction of sp³-hybridized carbons (Fsp3) is 0.375. The van der Waals surface area contributed by atoms with Gasteiger partial charge in [-0.05, 0) is 57.0 Å². The number of rotatable bonds is 5. The molecule has 0 radical (unpaired) electrons. The van der Waals surface area contributed by atoms with E-state index in [4.69, 9.17) is 9.97 Å². The van der Waals surface area contributed by atoms with Crippen LogP contribution in [0.25, 0.3) is 11.0 Å². The molecule has 1 unspecified atom stereocenters. The Morgan fingerprint density at radius 3 is 2.70 bits per heavy atom. The van der Waals surface area contributed by atoms with Crippen LogP contribution in [0.2, 0.25) is 0 Å². The van der Waals surface area contributed by atoms with Gasteiger partial charge in [-0.25, -0.2) is 9.97 Å². The van der Waals surface area contributed by atoms with E-state index in [1.54, 1.807) is 0 Å². The van der Waals surface area contributed by atoms with Gasteiger partial charge in [0.05, 0.1) is 35.1 Å². The molecule has 30 heavy (non-hydrogen) atoms. The third-order valence-corrected chi connectivity index (χ3v) is 6.43. The summed E-state index contributed by atoms with van der Waals surface area (Å²) in [7, 11) is 2.24. The molecule has 0 amide bonds. The molecule has 0 saturated carbocycles. The first kappa shape index (κ1) is 19.0. The van der Waals surface area contributed by atoms with Crippen LogP contribution >= 0.6 is 0 Å². The maximum atomic E-state index is 5.11. The van der Waals surface area contributed by atoms with Gasteiger partial charge in [-0.1, -0.05) is 18.2 Å². The quantitative estimate of drug-likeness (QED) is 0.494. The summed E-state index contributed by atoms with van der Waals surface area (Å²) in [6.07, 6.45) is 11.1. The lowest BCUT2D eigenvalue weighted by Crippen LogP contribution is -2.35. The van der Waals surface area contributed by atoms with Gasteiger partial charge in [-0.3, -0.25) is 9.88 Å². The van der Waals surface area contributed by atoms with Crippen molar-refractivity contribution in [3.63, 3.8) is 0 Å². The number of piperidine rings is 1. The van der Waals surface area contributed by atoms with Crippen LogP contribution in [0.5, 0.6) is 0 Å². The fourth-order valence-electron chi connectivity index (χ4n) is 4.83. The second kappa shape index (κ2) is 8.03. The number of likely N-dealkylation sites (tertiary alicyclic amines) is 1. The minimum Gasteiger partial charge on any atom is -0.336 e. The monoisotopic (exact) mass is 400 g/mol.